The van der Waals surface area contributed by atoms with Gasteiger partial charge in [-0.2, -0.15) is 0 Å². The summed E-state index contributed by atoms with van der Waals surface area (Å²) in [5, 5.41) is 16.5. The highest BCUT2D eigenvalue weighted by atomic mass is 35.5. The predicted octanol–water partition coefficient (Wildman–Crippen LogP) is 6.61. The lowest BCUT2D eigenvalue weighted by Gasteiger charge is -2.11. The zero-order valence-electron chi connectivity index (χ0n) is 19.0. The molecule has 1 amide bonds. The van der Waals surface area contributed by atoms with Crippen LogP contribution in [0.3, 0.4) is 0 Å². The second kappa shape index (κ2) is 11.5. The van der Waals surface area contributed by atoms with Gasteiger partial charge < -0.3 is 9.47 Å². The fraction of sp³-hybridized carbons (Fsp3) is 0.0769. The number of non-ortho nitro benzene ring substituents is 1. The van der Waals surface area contributed by atoms with Gasteiger partial charge in [-0.25, -0.2) is 4.98 Å². The number of nitrogens with zero attached hydrogens (tertiary/aromatic N) is 2. The number of carbonyl (C=O) groups is 1. The average Bonchev–Trinajstić information content (AvgIpc) is 3.36. The summed E-state index contributed by atoms with van der Waals surface area (Å²) in [6.07, 6.45) is 3.04. The molecular weight excluding hydrogens is 502 g/mol. The molecule has 4 rings (SSSR count). The van der Waals surface area contributed by atoms with Gasteiger partial charge in [-0.3, -0.25) is 20.2 Å². The Balaban J connectivity index is 1.37. The Labute approximate surface area is 215 Å². The summed E-state index contributed by atoms with van der Waals surface area (Å²) in [6.45, 7) is 0.358. The van der Waals surface area contributed by atoms with Crippen molar-refractivity contribution in [3.05, 3.63) is 104 Å². The van der Waals surface area contributed by atoms with Gasteiger partial charge in [-0.1, -0.05) is 41.9 Å². The molecule has 0 radical (unpaired) electrons. The van der Waals surface area contributed by atoms with E-state index in [1.807, 2.05) is 18.2 Å². The number of halogens is 1. The van der Waals surface area contributed by atoms with Crippen LogP contribution in [0.25, 0.3) is 17.3 Å². The fourth-order valence-electron chi connectivity index (χ4n) is 3.21. The first-order valence-electron chi connectivity index (χ1n) is 10.7. The van der Waals surface area contributed by atoms with Crippen molar-refractivity contribution < 1.29 is 19.2 Å². The average molecular weight is 522 g/mol. The number of methoxy groups -OCH3 is 1. The number of benzene rings is 3. The Kier molecular flexibility index (Phi) is 7.94. The van der Waals surface area contributed by atoms with Crippen LogP contribution in [0.4, 0.5) is 10.8 Å². The Bertz CT molecular complexity index is 1420. The molecule has 0 atom stereocenters. The van der Waals surface area contributed by atoms with Gasteiger partial charge in [0.1, 0.15) is 6.61 Å². The van der Waals surface area contributed by atoms with Crippen molar-refractivity contribution in [3.8, 4) is 22.8 Å². The molecule has 0 aliphatic rings. The summed E-state index contributed by atoms with van der Waals surface area (Å²) >= 11 is 7.14. The molecule has 0 saturated carbocycles. The second-order valence-electron chi connectivity index (χ2n) is 7.49. The molecule has 36 heavy (non-hydrogen) atoms. The zero-order chi connectivity index (χ0) is 25.5. The van der Waals surface area contributed by atoms with E-state index in [0.29, 0.717) is 39.5 Å². The predicted molar refractivity (Wildman–Crippen MR) is 141 cm³/mol. The number of hydrogen-bond acceptors (Lipinski definition) is 7. The number of nitro benzene ring substituents is 1. The number of thiazole rings is 1. The van der Waals surface area contributed by atoms with Crippen LogP contribution in [0.15, 0.2) is 78.2 Å². The van der Waals surface area contributed by atoms with Crippen LogP contribution in [0, 0.1) is 10.1 Å². The van der Waals surface area contributed by atoms with E-state index in [0.717, 1.165) is 11.1 Å². The maximum atomic E-state index is 12.4. The Morgan fingerprint density at radius 1 is 1.14 bits per heavy atom. The van der Waals surface area contributed by atoms with Crippen LogP contribution in [0.1, 0.15) is 11.1 Å². The quantitative estimate of drug-likeness (QED) is 0.151. The van der Waals surface area contributed by atoms with Gasteiger partial charge in [0.25, 0.3) is 5.69 Å². The molecule has 1 heterocycles. The van der Waals surface area contributed by atoms with E-state index >= 15 is 0 Å². The summed E-state index contributed by atoms with van der Waals surface area (Å²) in [5.74, 6) is 0.746. The van der Waals surface area contributed by atoms with Crippen molar-refractivity contribution in [2.24, 2.45) is 0 Å². The third-order valence-electron chi connectivity index (χ3n) is 5.01. The summed E-state index contributed by atoms with van der Waals surface area (Å²) < 4.78 is 11.3. The first-order valence-corrected chi connectivity index (χ1v) is 11.9. The lowest BCUT2D eigenvalue weighted by atomic mass is 10.1. The van der Waals surface area contributed by atoms with Crippen LogP contribution in [0.5, 0.6) is 11.5 Å². The molecule has 3 aromatic carbocycles. The SMILES string of the molecule is COc1cc(/C=C/C(=O)Nc2nc(-c3cccc([N+](=O)[O-])c3)cs2)ccc1OCc1ccc(Cl)cc1. The largest absolute Gasteiger partial charge is 0.493 e. The molecule has 10 heteroatoms. The van der Waals surface area contributed by atoms with Crippen molar-refractivity contribution in [2.45, 2.75) is 6.61 Å². The number of amides is 1. The molecule has 4 aromatic rings. The van der Waals surface area contributed by atoms with Crippen LogP contribution < -0.4 is 14.8 Å². The number of aromatic nitrogens is 1. The van der Waals surface area contributed by atoms with Crippen molar-refractivity contribution in [2.75, 3.05) is 12.4 Å². The van der Waals surface area contributed by atoms with Gasteiger partial charge in [0.2, 0.25) is 5.91 Å². The van der Waals surface area contributed by atoms with Gasteiger partial charge in [0.05, 0.1) is 17.7 Å². The molecule has 0 spiro atoms. The van der Waals surface area contributed by atoms with E-state index in [2.05, 4.69) is 10.3 Å². The third kappa shape index (κ3) is 6.47. The summed E-state index contributed by atoms with van der Waals surface area (Å²) in [5.41, 5.74) is 2.84. The number of carbonyl (C=O) groups excluding carboxylic acids is 1. The van der Waals surface area contributed by atoms with Gasteiger partial charge >= 0.3 is 0 Å². The van der Waals surface area contributed by atoms with Gasteiger partial charge in [0.15, 0.2) is 16.6 Å². The van der Waals surface area contributed by atoms with Crippen LogP contribution in [-0.4, -0.2) is 22.9 Å². The number of ether oxygens (including phenoxy) is 2. The van der Waals surface area contributed by atoms with E-state index in [-0.39, 0.29) is 11.6 Å². The molecule has 182 valence electrons. The molecule has 1 aromatic heterocycles. The minimum atomic E-state index is -0.462. The molecule has 0 unspecified atom stereocenters. The smallest absolute Gasteiger partial charge is 0.270 e. The van der Waals surface area contributed by atoms with Gasteiger partial charge in [0, 0.05) is 34.2 Å². The standard InChI is InChI=1S/C26H20ClN3O5S/c1-34-24-13-17(7-11-23(24)35-15-18-5-9-20(27)10-6-18)8-12-25(31)29-26-28-22(16-36-26)19-3-2-4-21(14-19)30(32)33/h2-14,16H,15H2,1H3,(H,28,29,31)/b12-8+. The van der Waals surface area contributed by atoms with E-state index < -0.39 is 4.92 Å². The topological polar surface area (TPSA) is 104 Å². The summed E-state index contributed by atoms with van der Waals surface area (Å²) in [6, 6.07) is 18.9. The molecule has 8 nitrogen and oxygen atoms in total. The van der Waals surface area contributed by atoms with Crippen LogP contribution >= 0.6 is 22.9 Å². The van der Waals surface area contributed by atoms with E-state index in [9.17, 15) is 14.9 Å². The summed E-state index contributed by atoms with van der Waals surface area (Å²) in [7, 11) is 1.55. The van der Waals surface area contributed by atoms with Gasteiger partial charge in [-0.15, -0.1) is 11.3 Å². The van der Waals surface area contributed by atoms with Crippen molar-refractivity contribution in [3.63, 3.8) is 0 Å². The summed E-state index contributed by atoms with van der Waals surface area (Å²) in [4.78, 5) is 27.3. The van der Waals surface area contributed by atoms with E-state index in [4.69, 9.17) is 21.1 Å². The molecule has 0 saturated heterocycles. The molecule has 0 bridgehead atoms. The molecular formula is C26H20ClN3O5S. The van der Waals surface area contributed by atoms with Crippen LogP contribution in [0.2, 0.25) is 5.02 Å². The van der Waals surface area contributed by atoms with Crippen molar-refractivity contribution in [1.82, 2.24) is 4.98 Å². The number of hydrogen-bond donors (Lipinski definition) is 1. The molecule has 0 aliphatic carbocycles. The monoisotopic (exact) mass is 521 g/mol. The second-order valence-corrected chi connectivity index (χ2v) is 8.79. The maximum absolute atomic E-state index is 12.4. The first-order chi connectivity index (χ1) is 17.4. The highest BCUT2D eigenvalue weighted by Gasteiger charge is 2.11. The number of nitro groups is 1. The fourth-order valence-corrected chi connectivity index (χ4v) is 4.06. The van der Waals surface area contributed by atoms with E-state index in [1.54, 1.807) is 55.0 Å². The maximum Gasteiger partial charge on any atom is 0.270 e. The Hall–Kier alpha value is -4.21. The molecule has 0 aliphatic heterocycles. The van der Waals surface area contributed by atoms with E-state index in [1.165, 1.54) is 29.5 Å². The number of nitrogens with one attached hydrogen (secondary N) is 1. The highest BCUT2D eigenvalue weighted by Crippen LogP contribution is 2.30. The first kappa shape index (κ1) is 24.9. The minimum absolute atomic E-state index is 0.0224. The lowest BCUT2D eigenvalue weighted by Crippen LogP contribution is -2.07. The lowest BCUT2D eigenvalue weighted by molar-refractivity contribution is -0.384. The minimum Gasteiger partial charge on any atom is -0.493 e. The number of rotatable bonds is 9. The molecule has 0 fully saturated rings. The highest BCUT2D eigenvalue weighted by molar-refractivity contribution is 7.14. The van der Waals surface area contributed by atoms with Crippen molar-refractivity contribution in [1.29, 1.82) is 0 Å². The third-order valence-corrected chi connectivity index (χ3v) is 6.02. The zero-order valence-corrected chi connectivity index (χ0v) is 20.6. The molecule has 1 N–H and O–H groups in total. The number of anilines is 1. The van der Waals surface area contributed by atoms with Gasteiger partial charge in [-0.05, 0) is 41.5 Å². The van der Waals surface area contributed by atoms with Crippen molar-refractivity contribution >= 4 is 45.7 Å². The normalized spacial score (nSPS) is 10.8. The van der Waals surface area contributed by atoms with Crippen LogP contribution in [-0.2, 0) is 11.4 Å². The Morgan fingerprint density at radius 3 is 2.69 bits per heavy atom. The Morgan fingerprint density at radius 2 is 1.94 bits per heavy atom.